The summed E-state index contributed by atoms with van der Waals surface area (Å²) in [5.74, 6) is -2.16. The summed E-state index contributed by atoms with van der Waals surface area (Å²) in [7, 11) is 0. The van der Waals surface area contributed by atoms with Crippen molar-refractivity contribution >= 4 is 40.7 Å². The van der Waals surface area contributed by atoms with Gasteiger partial charge < -0.3 is 21.1 Å². The van der Waals surface area contributed by atoms with Crippen LogP contribution in [-0.4, -0.2) is 46.8 Å². The minimum absolute atomic E-state index is 0.0471. The summed E-state index contributed by atoms with van der Waals surface area (Å²) in [6.07, 6.45) is 4.82. The van der Waals surface area contributed by atoms with Gasteiger partial charge in [-0.05, 0) is 55.4 Å². The third-order valence-electron chi connectivity index (χ3n) is 8.29. The fourth-order valence-corrected chi connectivity index (χ4v) is 7.29. The first-order valence-corrected chi connectivity index (χ1v) is 13.6. The number of carbonyl (C=O) groups excluding carboxylic acids is 2. The quantitative estimate of drug-likeness (QED) is 0.441. The summed E-state index contributed by atoms with van der Waals surface area (Å²) in [6.45, 7) is 7.97. The Morgan fingerprint density at radius 1 is 1.27 bits per heavy atom. The third-order valence-corrected chi connectivity index (χ3v) is 8.86. The number of hydrogen-bond donors (Lipinski definition) is 4. The van der Waals surface area contributed by atoms with Crippen molar-refractivity contribution in [3.8, 4) is 0 Å². The predicted octanol–water partition coefficient (Wildman–Crippen LogP) is 4.60. The van der Waals surface area contributed by atoms with Crippen molar-refractivity contribution in [3.05, 3.63) is 52.0 Å². The molecule has 9 heteroatoms. The lowest BCUT2D eigenvalue weighted by atomic mass is 9.59. The second-order valence-electron chi connectivity index (χ2n) is 12.5. The fourth-order valence-electron chi connectivity index (χ4n) is 6.90. The van der Waals surface area contributed by atoms with Crippen molar-refractivity contribution in [3.63, 3.8) is 0 Å². The number of rotatable bonds is 4. The van der Waals surface area contributed by atoms with Gasteiger partial charge in [0, 0.05) is 34.6 Å². The number of allylic oxidation sites excluding steroid dienone is 4. The summed E-state index contributed by atoms with van der Waals surface area (Å²) >= 11 is 12.5. The molecule has 2 aliphatic carbocycles. The number of carbonyl (C=O) groups is 2. The zero-order chi connectivity index (χ0) is 26.9. The van der Waals surface area contributed by atoms with E-state index in [1.54, 1.807) is 31.2 Å². The number of benzene rings is 1. The van der Waals surface area contributed by atoms with E-state index in [-0.39, 0.29) is 28.3 Å². The molecule has 2 aliphatic heterocycles. The van der Waals surface area contributed by atoms with E-state index in [9.17, 15) is 14.7 Å². The van der Waals surface area contributed by atoms with Crippen molar-refractivity contribution in [1.29, 1.82) is 0 Å². The number of nitrogens with one attached hydrogen (secondary N) is 3. The van der Waals surface area contributed by atoms with Crippen LogP contribution in [0.2, 0.25) is 5.02 Å². The van der Waals surface area contributed by atoms with Crippen molar-refractivity contribution in [2.45, 2.75) is 82.3 Å². The van der Waals surface area contributed by atoms with E-state index in [4.69, 9.17) is 23.2 Å². The van der Waals surface area contributed by atoms with Gasteiger partial charge in [0.15, 0.2) is 0 Å². The summed E-state index contributed by atoms with van der Waals surface area (Å²) in [4.78, 5) is 27.9. The highest BCUT2D eigenvalue weighted by Gasteiger charge is 2.67. The van der Waals surface area contributed by atoms with Crippen molar-refractivity contribution in [2.24, 2.45) is 17.3 Å². The highest BCUT2D eigenvalue weighted by atomic mass is 35.5. The first-order chi connectivity index (χ1) is 17.2. The Labute approximate surface area is 227 Å². The van der Waals surface area contributed by atoms with Crippen LogP contribution < -0.4 is 16.0 Å². The number of anilines is 1. The molecule has 200 valence electrons. The summed E-state index contributed by atoms with van der Waals surface area (Å²) in [5.41, 5.74) is -0.946. The van der Waals surface area contributed by atoms with Gasteiger partial charge in [-0.3, -0.25) is 9.59 Å². The van der Waals surface area contributed by atoms with E-state index < -0.39 is 41.1 Å². The molecule has 0 aromatic heterocycles. The average molecular weight is 551 g/mol. The molecule has 6 atom stereocenters. The molecule has 0 bridgehead atoms. The zero-order valence-corrected chi connectivity index (χ0v) is 23.0. The van der Waals surface area contributed by atoms with Crippen LogP contribution in [0.15, 0.2) is 41.5 Å². The molecule has 37 heavy (non-hydrogen) atoms. The number of halogens is 3. The van der Waals surface area contributed by atoms with Gasteiger partial charge in [-0.25, -0.2) is 4.39 Å². The molecule has 0 radical (unpaired) electrons. The van der Waals surface area contributed by atoms with Gasteiger partial charge >= 0.3 is 0 Å². The summed E-state index contributed by atoms with van der Waals surface area (Å²) < 4.78 is 15.8. The molecule has 5 rings (SSSR count). The molecule has 6 nitrogen and oxygen atoms in total. The standard InChI is InChI=1S/C28H34Cl2FN3O3/c1-26(2,3)13-20-28(17-9-8-14(29)10-19(17)33-25(28)36)21(16-6-5-7-18(30)22(16)31)23(34-20)24(35)32-15-11-27(4,37)12-15/h5-10,15-16,20-23,34,37H,11-13H2,1-4H3,(H,32,35)(H,33,36)/t15?,16?,20-,21-,22?,23+,27?,28+/m0/s1. The second-order valence-corrected chi connectivity index (χ2v) is 13.4. The second kappa shape index (κ2) is 9.08. The lowest BCUT2D eigenvalue weighted by molar-refractivity contribution is -0.129. The Bertz CT molecular complexity index is 1190. The Balaban J connectivity index is 1.64. The highest BCUT2D eigenvalue weighted by Crippen LogP contribution is 2.57. The zero-order valence-electron chi connectivity index (χ0n) is 21.4. The van der Waals surface area contributed by atoms with E-state index in [0.717, 1.165) is 0 Å². The molecule has 1 aromatic rings. The predicted molar refractivity (Wildman–Crippen MR) is 143 cm³/mol. The number of hydrogen-bond acceptors (Lipinski definition) is 4. The maximum absolute atomic E-state index is 15.8. The lowest BCUT2D eigenvalue weighted by Crippen LogP contribution is -2.58. The van der Waals surface area contributed by atoms with Gasteiger partial charge in [-0.1, -0.05) is 62.2 Å². The smallest absolute Gasteiger partial charge is 0.237 e. The number of amides is 2. The SMILES string of the molecule is CC(C)(C)C[C@@H]1N[C@@H](C(=O)NC2CC(C)(O)C2)[C@H](C2C=CC=C(Cl)C2F)[C@]12C(=O)Nc1cc(Cl)ccc12. The number of aliphatic hydroxyl groups is 1. The van der Waals surface area contributed by atoms with Crippen molar-refractivity contribution in [1.82, 2.24) is 10.6 Å². The Morgan fingerprint density at radius 2 is 1.97 bits per heavy atom. The monoisotopic (exact) mass is 549 g/mol. The van der Waals surface area contributed by atoms with E-state index >= 15 is 4.39 Å². The molecule has 1 saturated heterocycles. The number of alkyl halides is 1. The topological polar surface area (TPSA) is 90.5 Å². The average Bonchev–Trinajstić information content (AvgIpc) is 3.23. The maximum Gasteiger partial charge on any atom is 0.237 e. The summed E-state index contributed by atoms with van der Waals surface area (Å²) in [5, 5.41) is 20.2. The molecule has 1 aromatic carbocycles. The molecule has 1 saturated carbocycles. The van der Waals surface area contributed by atoms with E-state index in [1.165, 1.54) is 6.08 Å². The van der Waals surface area contributed by atoms with Crippen LogP contribution in [0.4, 0.5) is 10.1 Å². The van der Waals surface area contributed by atoms with Gasteiger partial charge in [-0.15, -0.1) is 0 Å². The minimum Gasteiger partial charge on any atom is -0.390 e. The normalized spacial score (nSPS) is 38.7. The molecule has 1 spiro atoms. The molecular formula is C28H34Cl2FN3O3. The molecule has 2 fully saturated rings. The largest absolute Gasteiger partial charge is 0.390 e. The van der Waals surface area contributed by atoms with Gasteiger partial charge in [-0.2, -0.15) is 0 Å². The summed E-state index contributed by atoms with van der Waals surface area (Å²) in [6, 6.07) is 3.76. The van der Waals surface area contributed by atoms with Crippen LogP contribution in [0, 0.1) is 17.3 Å². The van der Waals surface area contributed by atoms with E-state index in [1.807, 2.05) is 6.07 Å². The van der Waals surface area contributed by atoms with Crippen LogP contribution in [-0.2, 0) is 15.0 Å². The van der Waals surface area contributed by atoms with Gasteiger partial charge in [0.1, 0.15) is 6.17 Å². The fraction of sp³-hybridized carbons (Fsp3) is 0.571. The molecular weight excluding hydrogens is 516 g/mol. The Kier molecular flexibility index (Phi) is 6.54. The van der Waals surface area contributed by atoms with Crippen LogP contribution in [0.25, 0.3) is 0 Å². The van der Waals surface area contributed by atoms with Crippen LogP contribution >= 0.6 is 23.2 Å². The van der Waals surface area contributed by atoms with Crippen LogP contribution in [0.5, 0.6) is 0 Å². The minimum atomic E-state index is -1.56. The first-order valence-electron chi connectivity index (χ1n) is 12.8. The first kappa shape index (κ1) is 26.7. The van der Waals surface area contributed by atoms with Crippen LogP contribution in [0.1, 0.15) is 52.5 Å². The maximum atomic E-state index is 15.8. The molecule has 4 N–H and O–H groups in total. The molecule has 2 unspecified atom stereocenters. The Hall–Kier alpha value is -1.93. The Morgan fingerprint density at radius 3 is 2.62 bits per heavy atom. The van der Waals surface area contributed by atoms with Gasteiger partial charge in [0.2, 0.25) is 11.8 Å². The van der Waals surface area contributed by atoms with Crippen molar-refractivity contribution in [2.75, 3.05) is 5.32 Å². The van der Waals surface area contributed by atoms with Gasteiger partial charge in [0.05, 0.1) is 22.1 Å². The molecule has 2 heterocycles. The molecule has 2 amide bonds. The van der Waals surface area contributed by atoms with Crippen LogP contribution in [0.3, 0.4) is 0 Å². The van der Waals surface area contributed by atoms with E-state index in [2.05, 4.69) is 36.7 Å². The van der Waals surface area contributed by atoms with E-state index in [0.29, 0.717) is 35.5 Å². The molecule has 4 aliphatic rings. The van der Waals surface area contributed by atoms with Crippen molar-refractivity contribution < 1.29 is 19.1 Å². The highest BCUT2D eigenvalue weighted by molar-refractivity contribution is 6.31. The van der Waals surface area contributed by atoms with Gasteiger partial charge in [0.25, 0.3) is 0 Å². The number of fused-ring (bicyclic) bond motifs is 2. The third kappa shape index (κ3) is 4.52. The lowest BCUT2D eigenvalue weighted by Gasteiger charge is -2.43.